The molecule has 1 saturated carbocycles. The third kappa shape index (κ3) is 2.58. The summed E-state index contributed by atoms with van der Waals surface area (Å²) in [4.78, 5) is 8.98. The maximum absolute atomic E-state index is 4.52. The van der Waals surface area contributed by atoms with Crippen LogP contribution in [0, 0.1) is 0 Å². The number of nitrogens with zero attached hydrogens (tertiary/aromatic N) is 2. The molecule has 2 rings (SSSR count). The van der Waals surface area contributed by atoms with E-state index in [0.29, 0.717) is 12.0 Å². The van der Waals surface area contributed by atoms with Crippen LogP contribution in [-0.2, 0) is 0 Å². The van der Waals surface area contributed by atoms with Crippen molar-refractivity contribution < 1.29 is 0 Å². The summed E-state index contributed by atoms with van der Waals surface area (Å²) in [6, 6.07) is 2.35. The lowest BCUT2D eigenvalue weighted by atomic mass is 10.3. The van der Waals surface area contributed by atoms with Crippen LogP contribution in [-0.4, -0.2) is 23.1 Å². The molecule has 1 aromatic rings. The van der Waals surface area contributed by atoms with Crippen molar-refractivity contribution in [3.63, 3.8) is 0 Å². The van der Waals surface area contributed by atoms with Crippen molar-refractivity contribution in [3.05, 3.63) is 11.9 Å². The van der Waals surface area contributed by atoms with Gasteiger partial charge in [0.2, 0.25) is 0 Å². The Morgan fingerprint density at radius 1 is 1.27 bits per heavy atom. The lowest BCUT2D eigenvalue weighted by Crippen LogP contribution is -2.12. The van der Waals surface area contributed by atoms with Gasteiger partial charge < -0.3 is 10.6 Å². The van der Waals surface area contributed by atoms with Gasteiger partial charge in [0.15, 0.2) is 0 Å². The largest absolute Gasteiger partial charge is 0.373 e. The summed E-state index contributed by atoms with van der Waals surface area (Å²) in [6.45, 7) is 4.22. The SMILES string of the molecule is CNc1cc(NC(C)C)nc(C2CC2)n1. The van der Waals surface area contributed by atoms with E-state index < -0.39 is 0 Å². The maximum Gasteiger partial charge on any atom is 0.136 e. The fourth-order valence-corrected chi connectivity index (χ4v) is 1.49. The molecule has 1 fully saturated rings. The quantitative estimate of drug-likeness (QED) is 0.793. The standard InChI is InChI=1S/C11H18N4/c1-7(2)13-10-6-9(12-3)14-11(15-10)8-4-5-8/h6-8H,4-5H2,1-3H3,(H2,12,13,14,15). The number of anilines is 2. The Morgan fingerprint density at radius 2 is 1.93 bits per heavy atom. The van der Waals surface area contributed by atoms with Crippen LogP contribution in [0.15, 0.2) is 6.07 Å². The second-order valence-corrected chi connectivity index (χ2v) is 4.32. The molecule has 82 valence electrons. The normalized spacial score (nSPS) is 15.5. The van der Waals surface area contributed by atoms with E-state index in [2.05, 4.69) is 34.4 Å². The van der Waals surface area contributed by atoms with E-state index >= 15 is 0 Å². The predicted octanol–water partition coefficient (Wildman–Crippen LogP) is 2.22. The van der Waals surface area contributed by atoms with Crippen molar-refractivity contribution in [1.82, 2.24) is 9.97 Å². The van der Waals surface area contributed by atoms with Crippen LogP contribution in [0.2, 0.25) is 0 Å². The molecule has 0 amide bonds. The number of rotatable bonds is 4. The second kappa shape index (κ2) is 4.04. The van der Waals surface area contributed by atoms with Crippen LogP contribution in [0.5, 0.6) is 0 Å². The first-order chi connectivity index (χ1) is 7.19. The summed E-state index contributed by atoms with van der Waals surface area (Å²) in [7, 11) is 1.89. The molecule has 1 aliphatic carbocycles. The van der Waals surface area contributed by atoms with Crippen LogP contribution in [0.1, 0.15) is 38.4 Å². The molecule has 4 nitrogen and oxygen atoms in total. The molecular weight excluding hydrogens is 188 g/mol. The molecule has 0 unspecified atom stereocenters. The summed E-state index contributed by atoms with van der Waals surface area (Å²) < 4.78 is 0. The predicted molar refractivity (Wildman–Crippen MR) is 62.3 cm³/mol. The molecule has 0 aliphatic heterocycles. The molecule has 15 heavy (non-hydrogen) atoms. The smallest absolute Gasteiger partial charge is 0.136 e. The highest BCUT2D eigenvalue weighted by Gasteiger charge is 2.27. The van der Waals surface area contributed by atoms with Gasteiger partial charge in [0.25, 0.3) is 0 Å². The molecule has 0 bridgehead atoms. The van der Waals surface area contributed by atoms with E-state index in [0.717, 1.165) is 17.5 Å². The lowest BCUT2D eigenvalue weighted by molar-refractivity contribution is 0.866. The second-order valence-electron chi connectivity index (χ2n) is 4.32. The summed E-state index contributed by atoms with van der Waals surface area (Å²) in [5.74, 6) is 3.39. The first-order valence-electron chi connectivity index (χ1n) is 5.52. The zero-order chi connectivity index (χ0) is 10.8. The van der Waals surface area contributed by atoms with Crippen molar-refractivity contribution in [2.24, 2.45) is 0 Å². The first kappa shape index (κ1) is 10.2. The molecule has 1 aromatic heterocycles. The van der Waals surface area contributed by atoms with E-state index in [-0.39, 0.29) is 0 Å². The van der Waals surface area contributed by atoms with E-state index in [1.807, 2.05) is 13.1 Å². The third-order valence-electron chi connectivity index (χ3n) is 2.38. The van der Waals surface area contributed by atoms with Gasteiger partial charge in [0, 0.05) is 25.1 Å². The topological polar surface area (TPSA) is 49.8 Å². The minimum absolute atomic E-state index is 0.400. The van der Waals surface area contributed by atoms with Crippen LogP contribution in [0.25, 0.3) is 0 Å². The highest BCUT2D eigenvalue weighted by molar-refractivity contribution is 5.48. The van der Waals surface area contributed by atoms with Crippen molar-refractivity contribution in [2.45, 2.75) is 38.6 Å². The Balaban J connectivity index is 2.24. The van der Waals surface area contributed by atoms with Gasteiger partial charge in [0.1, 0.15) is 17.5 Å². The molecular formula is C11H18N4. The Bertz CT molecular complexity index is 344. The molecule has 0 aromatic carbocycles. The monoisotopic (exact) mass is 206 g/mol. The van der Waals surface area contributed by atoms with Crippen LogP contribution in [0.4, 0.5) is 11.6 Å². The van der Waals surface area contributed by atoms with Gasteiger partial charge in [-0.25, -0.2) is 9.97 Å². The summed E-state index contributed by atoms with van der Waals surface area (Å²) >= 11 is 0. The van der Waals surface area contributed by atoms with Gasteiger partial charge in [-0.3, -0.25) is 0 Å². The van der Waals surface area contributed by atoms with E-state index in [4.69, 9.17) is 0 Å². The summed E-state index contributed by atoms with van der Waals surface area (Å²) in [5, 5.41) is 6.38. The van der Waals surface area contributed by atoms with E-state index in [1.54, 1.807) is 0 Å². The third-order valence-corrected chi connectivity index (χ3v) is 2.38. The first-order valence-corrected chi connectivity index (χ1v) is 5.52. The minimum Gasteiger partial charge on any atom is -0.373 e. The molecule has 1 aliphatic rings. The molecule has 1 heterocycles. The van der Waals surface area contributed by atoms with Crippen molar-refractivity contribution in [1.29, 1.82) is 0 Å². The molecule has 4 heteroatoms. The van der Waals surface area contributed by atoms with Gasteiger partial charge in [-0.05, 0) is 26.7 Å². The minimum atomic E-state index is 0.400. The molecule has 2 N–H and O–H groups in total. The zero-order valence-corrected chi connectivity index (χ0v) is 9.54. The Morgan fingerprint density at radius 3 is 2.47 bits per heavy atom. The molecule has 0 spiro atoms. The van der Waals surface area contributed by atoms with Crippen LogP contribution < -0.4 is 10.6 Å². The molecule has 0 radical (unpaired) electrons. The highest BCUT2D eigenvalue weighted by Crippen LogP contribution is 2.38. The Hall–Kier alpha value is -1.32. The van der Waals surface area contributed by atoms with E-state index in [9.17, 15) is 0 Å². The van der Waals surface area contributed by atoms with Gasteiger partial charge in [0.05, 0.1) is 0 Å². The van der Waals surface area contributed by atoms with Gasteiger partial charge in [-0.2, -0.15) is 0 Å². The highest BCUT2D eigenvalue weighted by atomic mass is 15.1. The zero-order valence-electron chi connectivity index (χ0n) is 9.54. The summed E-state index contributed by atoms with van der Waals surface area (Å²) in [5.41, 5.74) is 0. The fraction of sp³-hybridized carbons (Fsp3) is 0.636. The van der Waals surface area contributed by atoms with Crippen LogP contribution >= 0.6 is 0 Å². The van der Waals surface area contributed by atoms with Crippen molar-refractivity contribution in [2.75, 3.05) is 17.7 Å². The lowest BCUT2D eigenvalue weighted by Gasteiger charge is -2.11. The average Bonchev–Trinajstić information content (AvgIpc) is 2.99. The number of nitrogens with one attached hydrogen (secondary N) is 2. The van der Waals surface area contributed by atoms with Gasteiger partial charge >= 0.3 is 0 Å². The number of aromatic nitrogens is 2. The number of hydrogen-bond acceptors (Lipinski definition) is 4. The fourth-order valence-electron chi connectivity index (χ4n) is 1.49. The average molecular weight is 206 g/mol. The summed E-state index contributed by atoms with van der Waals surface area (Å²) in [6.07, 6.45) is 2.46. The van der Waals surface area contributed by atoms with E-state index in [1.165, 1.54) is 12.8 Å². The molecule has 0 atom stereocenters. The molecule has 0 saturated heterocycles. The van der Waals surface area contributed by atoms with Crippen LogP contribution in [0.3, 0.4) is 0 Å². The van der Waals surface area contributed by atoms with Crippen molar-refractivity contribution >= 4 is 11.6 Å². The maximum atomic E-state index is 4.52. The van der Waals surface area contributed by atoms with Crippen molar-refractivity contribution in [3.8, 4) is 0 Å². The number of hydrogen-bond donors (Lipinski definition) is 2. The van der Waals surface area contributed by atoms with Gasteiger partial charge in [-0.1, -0.05) is 0 Å². The Kier molecular flexibility index (Phi) is 2.75. The van der Waals surface area contributed by atoms with Gasteiger partial charge in [-0.15, -0.1) is 0 Å². The Labute approximate surface area is 90.5 Å².